The Kier molecular flexibility index (Phi) is 1.35. The van der Waals surface area contributed by atoms with Gasteiger partial charge in [-0.05, 0) is 0 Å². The van der Waals surface area contributed by atoms with E-state index < -0.39 is 30.7 Å². The Morgan fingerprint density at radius 2 is 2.56 bits per heavy atom. The number of aliphatic carboxylic acids is 1. The summed E-state index contributed by atoms with van der Waals surface area (Å²) in [5.74, 6) is -2.70. The third-order valence-electron chi connectivity index (χ3n) is 0.520. The third kappa shape index (κ3) is 4.76. The van der Waals surface area contributed by atoms with Gasteiger partial charge in [-0.15, -0.1) is 0 Å². The lowest BCUT2D eigenvalue weighted by Gasteiger charge is -2.00. The summed E-state index contributed by atoms with van der Waals surface area (Å²) in [6.07, 6.45) is 0. The third-order valence-corrected chi connectivity index (χ3v) is 0.520. The maximum atomic E-state index is 10.8. The van der Waals surface area contributed by atoms with Gasteiger partial charge in [0.2, 0.25) is 0 Å². The first kappa shape index (κ1) is 3.17. The summed E-state index contributed by atoms with van der Waals surface area (Å²) in [4.78, 5) is 20.7. The summed E-state index contributed by atoms with van der Waals surface area (Å²) in [5.41, 5.74) is -1.89. The molecule has 52 valence electrons. The van der Waals surface area contributed by atoms with E-state index in [0.717, 1.165) is 0 Å². The van der Waals surface area contributed by atoms with Crippen LogP contribution in [0.2, 0.25) is 5.65 Å². The number of rotatable bonds is 4. The molecule has 0 saturated carbocycles. The van der Waals surface area contributed by atoms with Crippen LogP contribution in [0.25, 0.3) is 0 Å². The SMILES string of the molecule is [2H]N(CC(=O)[O-])C(=O)C[N+]([2H])([2H])[2H]. The molecule has 1 amide bonds. The fourth-order valence-electron chi connectivity index (χ4n) is 0.203. The van der Waals surface area contributed by atoms with E-state index in [1.54, 1.807) is 0 Å². The molecule has 0 fully saturated rings. The molecule has 0 aliphatic carbocycles. The number of hydrogen-bond donors (Lipinski definition) is 2. The van der Waals surface area contributed by atoms with E-state index in [0.29, 0.717) is 0 Å². The molecule has 5 nitrogen and oxygen atoms in total. The molecule has 0 aliphatic rings. The van der Waals surface area contributed by atoms with Gasteiger partial charge >= 0.3 is 4.24 Å². The maximum Gasteiger partial charge on any atom is 0.344 e. The lowest BCUT2D eigenvalue weighted by atomic mass is 10.5. The number of nitrogens with one attached hydrogen (secondary N) is 1. The summed E-state index contributed by atoms with van der Waals surface area (Å²) in [5, 5.41) is 9.95. The van der Waals surface area contributed by atoms with Gasteiger partial charge in [-0.3, -0.25) is 4.79 Å². The molecule has 0 aromatic rings. The first-order valence-corrected chi connectivity index (χ1v) is 2.18. The van der Waals surface area contributed by atoms with Crippen LogP contribution in [0.4, 0.5) is 0 Å². The molecule has 0 spiro atoms. The van der Waals surface area contributed by atoms with E-state index in [1.807, 2.05) is 0 Å². The van der Waals surface area contributed by atoms with Crippen LogP contribution in [0.15, 0.2) is 0 Å². The first-order valence-electron chi connectivity index (χ1n) is 3.96. The molecule has 0 unspecified atom stereocenters. The minimum Gasteiger partial charge on any atom is -0.548 e. The van der Waals surface area contributed by atoms with Crippen LogP contribution < -0.4 is 16.1 Å². The zero-order valence-corrected chi connectivity index (χ0v) is 4.53. The number of carboxylic acid groups (broad SMARTS) is 1. The fraction of sp³-hybridized carbons (Fsp3) is 0.500. The highest BCUT2D eigenvalue weighted by Crippen LogP contribution is 1.56. The Morgan fingerprint density at radius 3 is 3.00 bits per heavy atom. The van der Waals surface area contributed by atoms with Crippen molar-refractivity contribution >= 4 is 11.9 Å². The van der Waals surface area contributed by atoms with Gasteiger partial charge in [-0.25, -0.2) is 0 Å². The van der Waals surface area contributed by atoms with E-state index in [9.17, 15) is 14.7 Å². The van der Waals surface area contributed by atoms with Gasteiger partial charge in [-0.1, -0.05) is 0 Å². The highest BCUT2D eigenvalue weighted by Gasteiger charge is 1.95. The Labute approximate surface area is 57.7 Å². The van der Waals surface area contributed by atoms with Crippen LogP contribution in [0, 0.1) is 0 Å². The molecule has 0 aromatic carbocycles. The van der Waals surface area contributed by atoms with Crippen molar-refractivity contribution in [3.05, 3.63) is 0 Å². The highest BCUT2D eigenvalue weighted by molar-refractivity contribution is 5.80. The average Bonchev–Trinajstić information content (AvgIpc) is 1.81. The zero-order valence-electron chi connectivity index (χ0n) is 8.53. The standard InChI is InChI=1S/C4H8N2O3/c5-1-3(7)6-2-4(8)9/h1-2,5H2,(H,6,7)(H,8,9)/i/hD4. The van der Waals surface area contributed by atoms with Crippen molar-refractivity contribution in [2.24, 2.45) is 0 Å². The van der Waals surface area contributed by atoms with Crippen molar-refractivity contribution in [2.45, 2.75) is 0 Å². The summed E-state index contributed by atoms with van der Waals surface area (Å²) in [7, 11) is 0. The number of amides is 1. The van der Waals surface area contributed by atoms with Gasteiger partial charge in [0.15, 0.2) is 7.96 Å². The van der Waals surface area contributed by atoms with Crippen LogP contribution in [0.3, 0.4) is 0 Å². The van der Waals surface area contributed by atoms with Crippen LogP contribution in [-0.4, -0.2) is 25.0 Å². The van der Waals surface area contributed by atoms with Crippen molar-refractivity contribution in [1.29, 1.82) is 0 Å². The van der Waals surface area contributed by atoms with E-state index in [2.05, 4.69) is 0 Å². The molecule has 0 bridgehead atoms. The lowest BCUT2D eigenvalue weighted by molar-refractivity contribution is -0.355. The summed E-state index contributed by atoms with van der Waals surface area (Å²) >= 11 is 0. The Hall–Kier alpha value is -1.10. The smallest absolute Gasteiger partial charge is 0.344 e. The number of hydrogen-bond acceptors (Lipinski definition) is 3. The van der Waals surface area contributed by atoms with Crippen molar-refractivity contribution < 1.29 is 26.1 Å². The molecule has 0 saturated heterocycles. The Bertz CT molecular complexity index is 216. The summed E-state index contributed by atoms with van der Waals surface area (Å²) in [6.45, 7) is -1.84. The minimum absolute atomic E-state index is 0.0416. The second-order valence-corrected chi connectivity index (χ2v) is 1.24. The maximum absolute atomic E-state index is 10.8. The molecule has 4 N–H and O–H groups in total. The monoisotopic (exact) mass is 136 g/mol. The molecule has 0 aromatic heterocycles. The number of carbonyl (C=O) groups is 2. The topological polar surface area (TPSA) is 96.9 Å². The molecule has 0 radical (unpaired) electrons. The molecular weight excluding hydrogens is 124 g/mol. The molecule has 9 heavy (non-hydrogen) atoms. The quantitative estimate of drug-likeness (QED) is 0.413. The van der Waals surface area contributed by atoms with Crippen LogP contribution in [0.1, 0.15) is 0 Å². The first-order chi connectivity index (χ1) is 5.72. The van der Waals surface area contributed by atoms with E-state index >= 15 is 0 Å². The highest BCUT2D eigenvalue weighted by atomic mass is 16.4. The van der Waals surface area contributed by atoms with Crippen molar-refractivity contribution in [3.63, 3.8) is 0 Å². The minimum atomic E-state index is -1.89. The van der Waals surface area contributed by atoms with Gasteiger partial charge < -0.3 is 20.9 Å². The van der Waals surface area contributed by atoms with E-state index in [1.165, 1.54) is 0 Å². The average molecular weight is 136 g/mol. The normalized spacial score (nSPS) is 16.4. The molecule has 0 aliphatic heterocycles. The molecular formula is C4H8N2O3. The molecule has 0 rings (SSSR count). The van der Waals surface area contributed by atoms with Crippen molar-refractivity contribution in [1.82, 2.24) is 5.31 Å². The lowest BCUT2D eigenvalue weighted by Crippen LogP contribution is -2.58. The predicted molar refractivity (Wildman–Crippen MR) is 25.8 cm³/mol. The van der Waals surface area contributed by atoms with Gasteiger partial charge in [0.1, 0.15) is 0 Å². The number of quaternary nitrogens is 1. The summed E-state index contributed by atoms with van der Waals surface area (Å²) < 4.78 is 26.6. The van der Waals surface area contributed by atoms with Crippen molar-refractivity contribution in [2.75, 3.05) is 13.1 Å². The number of carboxylic acids is 1. The second kappa shape index (κ2) is 3.85. The molecule has 0 atom stereocenters. The summed E-state index contributed by atoms with van der Waals surface area (Å²) in [6, 6.07) is 0. The van der Waals surface area contributed by atoms with E-state index in [4.69, 9.17) is 5.65 Å². The van der Waals surface area contributed by atoms with Gasteiger partial charge in [0, 0.05) is 0 Å². The zero-order chi connectivity index (χ0) is 10.6. The molecule has 0 heterocycles. The Morgan fingerprint density at radius 1 is 1.89 bits per heavy atom. The van der Waals surface area contributed by atoms with Crippen LogP contribution in [0.5, 0.6) is 0 Å². The van der Waals surface area contributed by atoms with Gasteiger partial charge in [-0.2, -0.15) is 0 Å². The Balaban J connectivity index is 4.05. The van der Waals surface area contributed by atoms with Crippen LogP contribution in [-0.2, 0) is 9.59 Å². The predicted octanol–water partition coefficient (Wildman–Crippen LogP) is -3.91. The number of carbonyl (C=O) groups excluding carboxylic acids is 2. The second-order valence-electron chi connectivity index (χ2n) is 1.24. The fourth-order valence-corrected chi connectivity index (χ4v) is 0.203. The van der Waals surface area contributed by atoms with Gasteiger partial charge in [0.05, 0.1) is 12.5 Å². The van der Waals surface area contributed by atoms with Crippen molar-refractivity contribution in [3.8, 4) is 0 Å². The van der Waals surface area contributed by atoms with Gasteiger partial charge in [0.25, 0.3) is 5.91 Å². The van der Waals surface area contributed by atoms with Crippen LogP contribution >= 0.6 is 0 Å². The molecule has 5 heteroatoms. The largest absolute Gasteiger partial charge is 0.548 e. The van der Waals surface area contributed by atoms with E-state index in [-0.39, 0.29) is 5.31 Å².